The predicted molar refractivity (Wildman–Crippen MR) is 224 cm³/mol. The van der Waals surface area contributed by atoms with Gasteiger partial charge >= 0.3 is 6.18 Å². The molecule has 5 fully saturated rings. The Morgan fingerprint density at radius 3 is 2.06 bits per heavy atom. The van der Waals surface area contributed by atoms with Crippen molar-refractivity contribution < 1.29 is 41.5 Å². The van der Waals surface area contributed by atoms with E-state index in [0.29, 0.717) is 11.5 Å². The fourth-order valence-electron chi connectivity index (χ4n) is 10.2. The molecule has 6 aliphatic heterocycles. The van der Waals surface area contributed by atoms with Crippen molar-refractivity contribution in [3.05, 3.63) is 82.8 Å². The van der Waals surface area contributed by atoms with E-state index in [0.717, 1.165) is 99.9 Å². The number of pyridine rings is 1. The summed E-state index contributed by atoms with van der Waals surface area (Å²) in [5.41, 5.74) is -0.890. The zero-order valence-corrected chi connectivity index (χ0v) is 34.6. The largest absolute Gasteiger partial charge is 0.407 e. The van der Waals surface area contributed by atoms with Crippen molar-refractivity contribution in [2.45, 2.75) is 69.3 Å². The molecule has 2 aromatic carbocycles. The highest BCUT2D eigenvalue weighted by Gasteiger charge is 2.48. The molecule has 0 aliphatic carbocycles. The topological polar surface area (TPSA) is 143 Å². The molecule has 1 spiro atoms. The number of imide groups is 2. The molecule has 1 unspecified atom stereocenters. The molecule has 0 bridgehead atoms. The highest BCUT2D eigenvalue weighted by Crippen LogP contribution is 2.44. The number of aromatic nitrogens is 1. The van der Waals surface area contributed by atoms with E-state index in [1.165, 1.54) is 6.07 Å². The van der Waals surface area contributed by atoms with E-state index in [2.05, 4.69) is 35.2 Å². The summed E-state index contributed by atoms with van der Waals surface area (Å²) in [6, 6.07) is 11.3. The van der Waals surface area contributed by atoms with Crippen LogP contribution in [-0.2, 0) is 20.6 Å². The van der Waals surface area contributed by atoms with Gasteiger partial charge in [-0.25, -0.2) is 14.2 Å². The van der Waals surface area contributed by atoms with E-state index in [1.54, 1.807) is 29.3 Å². The summed E-state index contributed by atoms with van der Waals surface area (Å²) < 4.78 is 56.3. The lowest BCUT2D eigenvalue weighted by Crippen LogP contribution is -2.61. The first-order valence-electron chi connectivity index (χ1n) is 21.5. The van der Waals surface area contributed by atoms with Gasteiger partial charge in [0, 0.05) is 89.5 Å². The third-order valence-electron chi connectivity index (χ3n) is 14.0. The van der Waals surface area contributed by atoms with Crippen molar-refractivity contribution in [1.82, 2.24) is 20.1 Å². The lowest BCUT2D eigenvalue weighted by molar-refractivity contribution is -0.137. The molecule has 9 rings (SSSR count). The Labute approximate surface area is 361 Å². The number of benzene rings is 2. The first-order valence-corrected chi connectivity index (χ1v) is 21.5. The number of rotatable bonds is 8. The van der Waals surface area contributed by atoms with Gasteiger partial charge in [-0.3, -0.25) is 34.2 Å². The Bertz CT molecular complexity index is 2370. The molecule has 2 N–H and O–H groups in total. The number of carbonyl (C=O) groups is 5. The van der Waals surface area contributed by atoms with Crippen LogP contribution in [-0.4, -0.2) is 115 Å². The van der Waals surface area contributed by atoms with Crippen LogP contribution in [0, 0.1) is 17.9 Å². The minimum Gasteiger partial charge on any atom is -0.371 e. The van der Waals surface area contributed by atoms with Gasteiger partial charge in [-0.15, -0.1) is 0 Å². The van der Waals surface area contributed by atoms with Crippen molar-refractivity contribution in [1.29, 1.82) is 0 Å². The van der Waals surface area contributed by atoms with Crippen LogP contribution in [0.15, 0.2) is 54.7 Å². The lowest BCUT2D eigenvalue weighted by Gasteiger charge is -2.55. The number of piperidine rings is 4. The zero-order chi connectivity index (χ0) is 44.3. The van der Waals surface area contributed by atoms with Gasteiger partial charge in [0.05, 0.1) is 35.1 Å². The number of likely N-dealkylation sites (tertiary alicyclic amines) is 1. The van der Waals surface area contributed by atoms with Gasteiger partial charge in [0.1, 0.15) is 11.9 Å². The molecule has 5 amide bonds. The Balaban J connectivity index is 0.699. The number of hydrogen-bond acceptors (Lipinski definition) is 10. The Morgan fingerprint density at radius 2 is 1.43 bits per heavy atom. The molecule has 0 radical (unpaired) electrons. The third kappa shape index (κ3) is 8.18. The number of carbonyl (C=O) groups excluding carboxylic acids is 5. The number of nitrogens with zero attached hydrogens (tertiary/aromatic N) is 7. The molecular formula is C45H47F4N9O5. The van der Waals surface area contributed by atoms with E-state index >= 15 is 4.39 Å². The fraction of sp³-hybridized carbons (Fsp3) is 0.489. The Morgan fingerprint density at radius 1 is 0.810 bits per heavy atom. The maximum Gasteiger partial charge on any atom is 0.407 e. The van der Waals surface area contributed by atoms with Crippen molar-refractivity contribution in [3.8, 4) is 0 Å². The van der Waals surface area contributed by atoms with Gasteiger partial charge in [-0.05, 0) is 85.9 Å². The highest BCUT2D eigenvalue weighted by atomic mass is 19.4. The number of nitrogens with one attached hydrogen (secondary N) is 2. The Kier molecular flexibility index (Phi) is 10.9. The molecule has 6 aliphatic rings. The normalized spacial score (nSPS) is 22.7. The quantitative estimate of drug-likeness (QED) is 0.162. The van der Waals surface area contributed by atoms with E-state index in [4.69, 9.17) is 6.57 Å². The fourth-order valence-corrected chi connectivity index (χ4v) is 10.2. The summed E-state index contributed by atoms with van der Waals surface area (Å²) in [7, 11) is 0. The van der Waals surface area contributed by atoms with Crippen molar-refractivity contribution >= 4 is 58.1 Å². The summed E-state index contributed by atoms with van der Waals surface area (Å²) in [5.74, 6) is -2.08. The number of halogens is 4. The van der Waals surface area contributed by atoms with Crippen LogP contribution in [0.3, 0.4) is 0 Å². The molecule has 5 saturated heterocycles. The van der Waals surface area contributed by atoms with Gasteiger partial charge < -0.3 is 24.9 Å². The second-order valence-corrected chi connectivity index (χ2v) is 17.9. The number of hydrogen-bond donors (Lipinski definition) is 2. The molecule has 18 heteroatoms. The van der Waals surface area contributed by atoms with Crippen LogP contribution in [0.25, 0.3) is 4.85 Å². The zero-order valence-electron chi connectivity index (χ0n) is 34.6. The van der Waals surface area contributed by atoms with Crippen molar-refractivity contribution in [3.63, 3.8) is 0 Å². The summed E-state index contributed by atoms with van der Waals surface area (Å²) in [6.45, 7) is 13.7. The average Bonchev–Trinajstić information content (AvgIpc) is 3.51. The second-order valence-electron chi connectivity index (χ2n) is 17.9. The average molecular weight is 870 g/mol. The van der Waals surface area contributed by atoms with Crippen molar-refractivity contribution in [2.75, 3.05) is 78.9 Å². The minimum atomic E-state index is -4.70. The van der Waals surface area contributed by atoms with Gasteiger partial charge in [0.15, 0.2) is 11.4 Å². The standard InChI is InChI=1S/C45H47F4N9O5/c1-50-35-6-3-30(23-34(35)45(47,48)49)57-20-14-44(46,15-21-57)42(63)52-37-8-4-31(24-51-37)55-16-10-28(11-17-55)25-54-26-43(27-54)12-18-56(19-13-43)29-2-5-32-33(22-29)41(62)58(40(32)61)36-7-9-38(59)53-39(36)60/h2-6,8,22-24,28,36H,7,9-21,25-27H2,(H,51,52,63)(H,53,59,60). The third-order valence-corrected chi connectivity index (χ3v) is 14.0. The molecule has 63 heavy (non-hydrogen) atoms. The SMILES string of the molecule is [C-]#[N+]c1ccc(N2CCC(F)(C(=O)Nc3ccc(N4CCC(CN5CC6(CCN(c7ccc8c(c7)C(=O)N(C7CCC(=O)NC7=O)C8=O)CC6)C5)CC4)cn3)CC2)cc1C(F)(F)F. The van der Waals surface area contributed by atoms with Crippen LogP contribution in [0.1, 0.15) is 77.6 Å². The van der Waals surface area contributed by atoms with Gasteiger partial charge in [0.25, 0.3) is 17.7 Å². The molecule has 7 heterocycles. The number of amides is 5. The molecular weight excluding hydrogens is 823 g/mol. The molecule has 330 valence electrons. The van der Waals surface area contributed by atoms with E-state index in [1.807, 2.05) is 12.1 Å². The minimum absolute atomic E-state index is 0.0309. The van der Waals surface area contributed by atoms with Crippen LogP contribution in [0.2, 0.25) is 0 Å². The summed E-state index contributed by atoms with van der Waals surface area (Å²) in [4.78, 5) is 80.6. The molecule has 1 aromatic heterocycles. The lowest BCUT2D eigenvalue weighted by atomic mass is 9.71. The van der Waals surface area contributed by atoms with Crippen LogP contribution >= 0.6 is 0 Å². The first kappa shape index (κ1) is 42.2. The van der Waals surface area contributed by atoms with Crippen LogP contribution < -0.4 is 25.3 Å². The summed E-state index contributed by atoms with van der Waals surface area (Å²) in [6.07, 6.45) is 0.859. The predicted octanol–water partition coefficient (Wildman–Crippen LogP) is 5.82. The van der Waals surface area contributed by atoms with E-state index in [9.17, 15) is 37.1 Å². The van der Waals surface area contributed by atoms with Gasteiger partial charge in [-0.2, -0.15) is 13.2 Å². The highest BCUT2D eigenvalue weighted by molar-refractivity contribution is 6.23. The van der Waals surface area contributed by atoms with Gasteiger partial charge in [0.2, 0.25) is 11.8 Å². The number of anilines is 4. The summed E-state index contributed by atoms with van der Waals surface area (Å²) in [5, 5.41) is 4.82. The Hall–Kier alpha value is -6.09. The van der Waals surface area contributed by atoms with Crippen LogP contribution in [0.4, 0.5) is 46.1 Å². The molecule has 1 atom stereocenters. The summed E-state index contributed by atoms with van der Waals surface area (Å²) >= 11 is 0. The molecule has 3 aromatic rings. The maximum absolute atomic E-state index is 15.8. The number of fused-ring (bicyclic) bond motifs is 1. The smallest absolute Gasteiger partial charge is 0.371 e. The van der Waals surface area contributed by atoms with Crippen molar-refractivity contribution in [2.24, 2.45) is 11.3 Å². The maximum atomic E-state index is 15.8. The van der Waals surface area contributed by atoms with Crippen LogP contribution in [0.5, 0.6) is 0 Å². The van der Waals surface area contributed by atoms with E-state index in [-0.39, 0.29) is 61.3 Å². The number of alkyl halides is 4. The monoisotopic (exact) mass is 869 g/mol. The van der Waals surface area contributed by atoms with E-state index < -0.39 is 58.7 Å². The van der Waals surface area contributed by atoms with Gasteiger partial charge in [-0.1, -0.05) is 6.07 Å². The first-order chi connectivity index (χ1) is 30.1. The second kappa shape index (κ2) is 16.2. The molecule has 14 nitrogen and oxygen atoms in total. The molecule has 0 saturated carbocycles.